The van der Waals surface area contributed by atoms with Gasteiger partial charge in [0.25, 0.3) is 0 Å². The van der Waals surface area contributed by atoms with Gasteiger partial charge in [-0.05, 0) is 63.4 Å². The fourth-order valence-electron chi connectivity index (χ4n) is 4.17. The van der Waals surface area contributed by atoms with Crippen molar-refractivity contribution in [1.82, 2.24) is 14.5 Å². The topological polar surface area (TPSA) is 50.6 Å². The minimum absolute atomic E-state index is 0.0395. The van der Waals surface area contributed by atoms with Gasteiger partial charge in [-0.15, -0.1) is 0 Å². The van der Waals surface area contributed by atoms with Gasteiger partial charge in [0.05, 0.1) is 23.6 Å². The van der Waals surface area contributed by atoms with Gasteiger partial charge in [0.1, 0.15) is 11.4 Å². The number of benzene rings is 2. The summed E-state index contributed by atoms with van der Waals surface area (Å²) >= 11 is 0. The van der Waals surface area contributed by atoms with E-state index in [2.05, 4.69) is 15.5 Å². The van der Waals surface area contributed by atoms with Crippen LogP contribution >= 0.6 is 0 Å². The third-order valence-electron chi connectivity index (χ3n) is 5.80. The van der Waals surface area contributed by atoms with Crippen molar-refractivity contribution in [1.29, 1.82) is 0 Å². The molecule has 2 heterocycles. The minimum atomic E-state index is -0.525. The van der Waals surface area contributed by atoms with E-state index < -0.39 is 5.60 Å². The standard InChI is InChI=1S/C25H31FN4O2/c1-25(2,3)32-24(31)28(4)20-8-7-15-29(17-20)23-27-21-9-5-6-10-22(21)30(23)16-18-11-13-19(26)14-12-18/h5-6,9-14,20H,7-8,15-17H2,1-4H3/t20-/m1/s1. The summed E-state index contributed by atoms with van der Waals surface area (Å²) in [6.45, 7) is 7.78. The van der Waals surface area contributed by atoms with Crippen LogP contribution in [0.1, 0.15) is 39.2 Å². The highest BCUT2D eigenvalue weighted by Gasteiger charge is 2.31. The van der Waals surface area contributed by atoms with Crippen LogP contribution < -0.4 is 4.90 Å². The zero-order chi connectivity index (χ0) is 22.9. The summed E-state index contributed by atoms with van der Waals surface area (Å²) in [6.07, 6.45) is 1.58. The van der Waals surface area contributed by atoms with Crippen LogP contribution in [0.15, 0.2) is 48.5 Å². The van der Waals surface area contributed by atoms with Gasteiger partial charge in [0, 0.05) is 20.1 Å². The molecule has 32 heavy (non-hydrogen) atoms. The molecule has 1 atom stereocenters. The molecular formula is C25H31FN4O2. The number of halogens is 1. The van der Waals surface area contributed by atoms with Crippen molar-refractivity contribution in [2.75, 3.05) is 25.0 Å². The van der Waals surface area contributed by atoms with Crippen LogP contribution in [0.3, 0.4) is 0 Å². The number of aromatic nitrogens is 2. The van der Waals surface area contributed by atoms with E-state index in [4.69, 9.17) is 9.72 Å². The highest BCUT2D eigenvalue weighted by atomic mass is 19.1. The highest BCUT2D eigenvalue weighted by molar-refractivity contribution is 5.79. The summed E-state index contributed by atoms with van der Waals surface area (Å²) in [4.78, 5) is 21.5. The molecule has 0 unspecified atom stereocenters. The van der Waals surface area contributed by atoms with Gasteiger partial charge >= 0.3 is 6.09 Å². The quantitative estimate of drug-likeness (QED) is 0.571. The molecule has 6 nitrogen and oxygen atoms in total. The van der Waals surface area contributed by atoms with Crippen molar-refractivity contribution in [2.24, 2.45) is 0 Å². The molecule has 3 aromatic rings. The second-order valence-corrected chi connectivity index (χ2v) is 9.45. The maximum atomic E-state index is 13.4. The lowest BCUT2D eigenvalue weighted by Gasteiger charge is -2.38. The zero-order valence-electron chi connectivity index (χ0n) is 19.2. The molecule has 4 rings (SSSR count). The summed E-state index contributed by atoms with van der Waals surface area (Å²) in [5.41, 5.74) is 2.44. The van der Waals surface area contributed by atoms with E-state index in [9.17, 15) is 9.18 Å². The molecule has 2 aromatic carbocycles. The normalized spacial score (nSPS) is 16.9. The van der Waals surface area contributed by atoms with Crippen molar-refractivity contribution < 1.29 is 13.9 Å². The van der Waals surface area contributed by atoms with Crippen LogP contribution in [0.5, 0.6) is 0 Å². The Balaban J connectivity index is 1.61. The average molecular weight is 439 g/mol. The molecule has 170 valence electrons. The number of imidazole rings is 1. The van der Waals surface area contributed by atoms with E-state index in [0.29, 0.717) is 13.1 Å². The van der Waals surface area contributed by atoms with Gasteiger partial charge in [-0.3, -0.25) is 0 Å². The number of nitrogens with zero attached hydrogens (tertiary/aromatic N) is 4. The number of carbonyl (C=O) groups is 1. The lowest BCUT2D eigenvalue weighted by Crippen LogP contribution is -2.50. The average Bonchev–Trinajstić information content (AvgIpc) is 3.12. The van der Waals surface area contributed by atoms with Gasteiger partial charge in [-0.1, -0.05) is 24.3 Å². The van der Waals surface area contributed by atoms with Crippen molar-refractivity contribution in [2.45, 2.75) is 51.8 Å². The number of ether oxygens (including phenoxy) is 1. The Morgan fingerprint density at radius 3 is 2.62 bits per heavy atom. The van der Waals surface area contributed by atoms with Crippen molar-refractivity contribution in [3.63, 3.8) is 0 Å². The van der Waals surface area contributed by atoms with Crippen molar-refractivity contribution in [3.8, 4) is 0 Å². The maximum Gasteiger partial charge on any atom is 0.410 e. The van der Waals surface area contributed by atoms with E-state index in [1.165, 1.54) is 12.1 Å². The monoisotopic (exact) mass is 438 g/mol. The molecule has 0 aliphatic carbocycles. The highest BCUT2D eigenvalue weighted by Crippen LogP contribution is 2.28. The van der Waals surface area contributed by atoms with Gasteiger partial charge in [0.2, 0.25) is 5.95 Å². The predicted octanol–water partition coefficient (Wildman–Crippen LogP) is 5.06. The second-order valence-electron chi connectivity index (χ2n) is 9.45. The second kappa shape index (κ2) is 8.81. The molecule has 0 saturated carbocycles. The molecular weight excluding hydrogens is 407 g/mol. The first-order valence-electron chi connectivity index (χ1n) is 11.1. The molecule has 1 amide bonds. The Morgan fingerprint density at radius 2 is 1.91 bits per heavy atom. The number of amides is 1. The molecule has 0 bridgehead atoms. The summed E-state index contributed by atoms with van der Waals surface area (Å²) in [7, 11) is 1.81. The third-order valence-corrected chi connectivity index (χ3v) is 5.80. The molecule has 0 spiro atoms. The maximum absolute atomic E-state index is 13.4. The Morgan fingerprint density at radius 1 is 1.19 bits per heavy atom. The van der Waals surface area contributed by atoms with E-state index in [0.717, 1.165) is 41.9 Å². The van der Waals surface area contributed by atoms with Crippen molar-refractivity contribution >= 4 is 23.1 Å². The predicted molar refractivity (Wildman–Crippen MR) is 124 cm³/mol. The first-order chi connectivity index (χ1) is 15.2. The fraction of sp³-hybridized carbons (Fsp3) is 0.440. The Kier molecular flexibility index (Phi) is 6.09. The molecule has 1 aliphatic heterocycles. The summed E-state index contributed by atoms with van der Waals surface area (Å²) in [6, 6.07) is 14.7. The number of anilines is 1. The molecule has 7 heteroatoms. The molecule has 0 N–H and O–H groups in total. The SMILES string of the molecule is CN(C(=O)OC(C)(C)C)[C@@H]1CCCN(c2nc3ccccc3n2Cc2ccc(F)cc2)C1. The lowest BCUT2D eigenvalue weighted by molar-refractivity contribution is 0.0209. The van der Waals surface area contributed by atoms with Crippen LogP contribution in [0.2, 0.25) is 0 Å². The van der Waals surface area contributed by atoms with Crippen LogP contribution in [-0.4, -0.2) is 52.3 Å². The van der Waals surface area contributed by atoms with E-state index >= 15 is 0 Å². The van der Waals surface area contributed by atoms with Crippen molar-refractivity contribution in [3.05, 3.63) is 59.9 Å². The summed E-state index contributed by atoms with van der Waals surface area (Å²) in [5, 5.41) is 0. The van der Waals surface area contributed by atoms with Crippen LogP contribution in [0, 0.1) is 5.82 Å². The number of hydrogen-bond donors (Lipinski definition) is 0. The Bertz CT molecular complexity index is 1090. The zero-order valence-corrected chi connectivity index (χ0v) is 19.2. The summed E-state index contributed by atoms with van der Waals surface area (Å²) < 4.78 is 21.2. The number of piperidine rings is 1. The third kappa shape index (κ3) is 4.87. The number of hydrogen-bond acceptors (Lipinski definition) is 4. The largest absolute Gasteiger partial charge is 0.444 e. The van der Waals surface area contributed by atoms with E-state index in [-0.39, 0.29) is 18.0 Å². The Labute approximate surface area is 188 Å². The molecule has 1 aliphatic rings. The number of likely N-dealkylation sites (N-methyl/N-ethyl adjacent to an activating group) is 1. The molecule has 0 radical (unpaired) electrons. The molecule has 1 fully saturated rings. The van der Waals surface area contributed by atoms with Gasteiger partial charge in [-0.2, -0.15) is 0 Å². The van der Waals surface area contributed by atoms with Gasteiger partial charge in [0.15, 0.2) is 0 Å². The molecule has 1 saturated heterocycles. The number of para-hydroxylation sites is 2. The minimum Gasteiger partial charge on any atom is -0.444 e. The number of fused-ring (bicyclic) bond motifs is 1. The Hall–Kier alpha value is -3.09. The smallest absolute Gasteiger partial charge is 0.410 e. The van der Waals surface area contributed by atoms with Gasteiger partial charge < -0.3 is 19.1 Å². The van der Waals surface area contributed by atoms with Crippen LogP contribution in [0.25, 0.3) is 11.0 Å². The number of carbonyl (C=O) groups excluding carboxylic acids is 1. The van der Waals surface area contributed by atoms with E-state index in [1.54, 1.807) is 4.90 Å². The summed E-state index contributed by atoms with van der Waals surface area (Å²) in [5.74, 6) is 0.631. The lowest BCUT2D eigenvalue weighted by atomic mass is 10.1. The molecule has 1 aromatic heterocycles. The fourth-order valence-corrected chi connectivity index (χ4v) is 4.17. The first-order valence-corrected chi connectivity index (χ1v) is 11.1. The van der Waals surface area contributed by atoms with Gasteiger partial charge in [-0.25, -0.2) is 14.2 Å². The first kappa shape index (κ1) is 22.1. The van der Waals surface area contributed by atoms with E-state index in [1.807, 2.05) is 58.2 Å². The van der Waals surface area contributed by atoms with Crippen LogP contribution in [-0.2, 0) is 11.3 Å². The number of rotatable bonds is 4. The van der Waals surface area contributed by atoms with Crippen LogP contribution in [0.4, 0.5) is 15.1 Å².